The van der Waals surface area contributed by atoms with E-state index in [4.69, 9.17) is 9.15 Å². The molecule has 0 aliphatic heterocycles. The van der Waals surface area contributed by atoms with Crippen molar-refractivity contribution < 1.29 is 13.9 Å². The third-order valence-electron chi connectivity index (χ3n) is 3.17. The lowest BCUT2D eigenvalue weighted by Gasteiger charge is -2.05. The molecule has 0 aliphatic carbocycles. The third kappa shape index (κ3) is 5.08. The molecule has 2 rings (SSSR count). The first-order valence-electron chi connectivity index (χ1n) is 8.39. The Labute approximate surface area is 144 Å². The maximum Gasteiger partial charge on any atom is 0.333 e. The Balaban J connectivity index is 0.00000123. The Hall–Kier alpha value is -2.36. The SMILES string of the molecule is CC.CC.CC/C(=C\c1c(C)oc2ccccc2c1=O)C(=O)OC. The normalized spacial score (nSPS) is 10.2. The zero-order valence-corrected chi connectivity index (χ0v) is 15.7. The van der Waals surface area contributed by atoms with Gasteiger partial charge in [-0.1, -0.05) is 46.8 Å². The molecule has 1 heterocycles. The second kappa shape index (κ2) is 11.2. The Bertz CT molecular complexity index is 739. The molecule has 2 aromatic rings. The van der Waals surface area contributed by atoms with Crippen LogP contribution in [0, 0.1) is 6.92 Å². The number of ether oxygens (including phenoxy) is 1. The van der Waals surface area contributed by atoms with Crippen LogP contribution >= 0.6 is 0 Å². The van der Waals surface area contributed by atoms with Gasteiger partial charge in [0.05, 0.1) is 18.1 Å². The number of methoxy groups -OCH3 is 1. The van der Waals surface area contributed by atoms with Crippen molar-refractivity contribution >= 4 is 23.0 Å². The lowest BCUT2D eigenvalue weighted by atomic mass is 10.1. The molecule has 0 N–H and O–H groups in total. The van der Waals surface area contributed by atoms with E-state index in [1.54, 1.807) is 31.2 Å². The largest absolute Gasteiger partial charge is 0.466 e. The van der Waals surface area contributed by atoms with Gasteiger partial charge in [0.25, 0.3) is 0 Å². The van der Waals surface area contributed by atoms with Crippen molar-refractivity contribution in [3.8, 4) is 0 Å². The van der Waals surface area contributed by atoms with E-state index in [1.165, 1.54) is 7.11 Å². The Morgan fingerprint density at radius 1 is 1.17 bits per heavy atom. The van der Waals surface area contributed by atoms with E-state index in [1.807, 2.05) is 40.7 Å². The summed E-state index contributed by atoms with van der Waals surface area (Å²) < 4.78 is 10.3. The van der Waals surface area contributed by atoms with Gasteiger partial charge in [-0.05, 0) is 31.6 Å². The molecule has 4 nitrogen and oxygen atoms in total. The average molecular weight is 332 g/mol. The molecule has 0 aliphatic rings. The first-order chi connectivity index (χ1) is 11.6. The van der Waals surface area contributed by atoms with Crippen molar-refractivity contribution in [2.45, 2.75) is 48.0 Å². The maximum atomic E-state index is 12.5. The maximum absolute atomic E-state index is 12.5. The quantitative estimate of drug-likeness (QED) is 0.578. The summed E-state index contributed by atoms with van der Waals surface area (Å²) in [7, 11) is 1.32. The molecule has 24 heavy (non-hydrogen) atoms. The fourth-order valence-corrected chi connectivity index (χ4v) is 2.05. The highest BCUT2D eigenvalue weighted by molar-refractivity contribution is 5.94. The van der Waals surface area contributed by atoms with E-state index < -0.39 is 5.97 Å². The number of hydrogen-bond acceptors (Lipinski definition) is 4. The Morgan fingerprint density at radius 3 is 2.29 bits per heavy atom. The molecule has 132 valence electrons. The van der Waals surface area contributed by atoms with Crippen LogP contribution in [-0.4, -0.2) is 13.1 Å². The van der Waals surface area contributed by atoms with E-state index in [2.05, 4.69) is 0 Å². The molecule has 0 spiro atoms. The molecule has 0 saturated carbocycles. The third-order valence-corrected chi connectivity index (χ3v) is 3.17. The van der Waals surface area contributed by atoms with Gasteiger partial charge in [0.2, 0.25) is 0 Å². The van der Waals surface area contributed by atoms with Crippen molar-refractivity contribution in [1.82, 2.24) is 0 Å². The lowest BCUT2D eigenvalue weighted by molar-refractivity contribution is -0.136. The average Bonchev–Trinajstić information content (AvgIpc) is 2.64. The molecule has 0 radical (unpaired) electrons. The van der Waals surface area contributed by atoms with Gasteiger partial charge < -0.3 is 9.15 Å². The molecule has 4 heteroatoms. The van der Waals surface area contributed by atoms with Crippen LogP contribution in [0.3, 0.4) is 0 Å². The minimum Gasteiger partial charge on any atom is -0.466 e. The number of fused-ring (bicyclic) bond motifs is 1. The van der Waals surface area contributed by atoms with Crippen molar-refractivity contribution in [1.29, 1.82) is 0 Å². The molecule has 0 saturated heterocycles. The smallest absolute Gasteiger partial charge is 0.333 e. The van der Waals surface area contributed by atoms with Gasteiger partial charge in [-0.25, -0.2) is 4.79 Å². The molecular weight excluding hydrogens is 304 g/mol. The number of esters is 1. The van der Waals surface area contributed by atoms with Crippen LogP contribution in [-0.2, 0) is 9.53 Å². The van der Waals surface area contributed by atoms with E-state index in [0.717, 1.165) is 0 Å². The number of rotatable bonds is 3. The molecule has 0 unspecified atom stereocenters. The summed E-state index contributed by atoms with van der Waals surface area (Å²) in [5.41, 5.74) is 1.24. The number of hydrogen-bond donors (Lipinski definition) is 0. The van der Waals surface area contributed by atoms with Crippen LogP contribution in [0.1, 0.15) is 52.4 Å². The van der Waals surface area contributed by atoms with Crippen LogP contribution < -0.4 is 5.43 Å². The molecule has 1 aromatic heterocycles. The van der Waals surface area contributed by atoms with Gasteiger partial charge in [-0.2, -0.15) is 0 Å². The number of carbonyl (C=O) groups is 1. The summed E-state index contributed by atoms with van der Waals surface area (Å²) in [6.07, 6.45) is 2.04. The fourth-order valence-electron chi connectivity index (χ4n) is 2.05. The van der Waals surface area contributed by atoms with Gasteiger partial charge >= 0.3 is 5.97 Å². The van der Waals surface area contributed by atoms with Crippen molar-refractivity contribution in [3.63, 3.8) is 0 Å². The second-order valence-electron chi connectivity index (χ2n) is 4.41. The second-order valence-corrected chi connectivity index (χ2v) is 4.41. The number of para-hydroxylation sites is 1. The first-order valence-corrected chi connectivity index (χ1v) is 8.39. The summed E-state index contributed by atoms with van der Waals surface area (Å²) in [6.45, 7) is 11.5. The first kappa shape index (κ1) is 21.6. The molecule has 0 bridgehead atoms. The summed E-state index contributed by atoms with van der Waals surface area (Å²) in [6, 6.07) is 7.05. The minimum atomic E-state index is -0.431. The Kier molecular flexibility index (Phi) is 10.1. The molecule has 0 atom stereocenters. The standard InChI is InChI=1S/C16H16O4.2C2H6/c1-4-11(16(18)19-3)9-13-10(2)20-14-8-6-5-7-12(14)15(13)17;2*1-2/h5-9H,4H2,1-3H3;2*1-2H3/b11-9+;;. The zero-order valence-electron chi connectivity index (χ0n) is 15.7. The van der Waals surface area contributed by atoms with Gasteiger partial charge in [0.1, 0.15) is 11.3 Å². The molecule has 1 aromatic carbocycles. The topological polar surface area (TPSA) is 56.5 Å². The molecule has 0 fully saturated rings. The lowest BCUT2D eigenvalue weighted by Crippen LogP contribution is -2.10. The highest BCUT2D eigenvalue weighted by Crippen LogP contribution is 2.18. The summed E-state index contributed by atoms with van der Waals surface area (Å²) >= 11 is 0. The predicted octanol–water partition coefficient (Wildman–Crippen LogP) is 5.12. The van der Waals surface area contributed by atoms with Gasteiger partial charge in [-0.15, -0.1) is 0 Å². The Morgan fingerprint density at radius 2 is 1.75 bits per heavy atom. The monoisotopic (exact) mass is 332 g/mol. The van der Waals surface area contributed by atoms with Gasteiger partial charge in [0.15, 0.2) is 5.43 Å². The van der Waals surface area contributed by atoms with Crippen LogP contribution in [0.5, 0.6) is 0 Å². The van der Waals surface area contributed by atoms with Crippen LogP contribution in [0.15, 0.2) is 39.1 Å². The van der Waals surface area contributed by atoms with E-state index in [-0.39, 0.29) is 5.43 Å². The van der Waals surface area contributed by atoms with Gasteiger partial charge in [0, 0.05) is 5.57 Å². The van der Waals surface area contributed by atoms with Gasteiger partial charge in [-0.3, -0.25) is 4.79 Å². The molecular formula is C20H28O4. The van der Waals surface area contributed by atoms with Crippen molar-refractivity contribution in [3.05, 3.63) is 51.4 Å². The van der Waals surface area contributed by atoms with Crippen molar-refractivity contribution in [2.75, 3.05) is 7.11 Å². The van der Waals surface area contributed by atoms with Crippen LogP contribution in [0.4, 0.5) is 0 Å². The molecule has 0 amide bonds. The fraction of sp³-hybridized carbons (Fsp3) is 0.400. The van der Waals surface area contributed by atoms with Crippen LogP contribution in [0.2, 0.25) is 0 Å². The van der Waals surface area contributed by atoms with E-state index in [9.17, 15) is 9.59 Å². The highest BCUT2D eigenvalue weighted by Gasteiger charge is 2.13. The number of carbonyl (C=O) groups excluding carboxylic acids is 1. The van der Waals surface area contributed by atoms with E-state index >= 15 is 0 Å². The highest BCUT2D eigenvalue weighted by atomic mass is 16.5. The van der Waals surface area contributed by atoms with E-state index in [0.29, 0.717) is 34.3 Å². The van der Waals surface area contributed by atoms with Crippen LogP contribution in [0.25, 0.3) is 17.0 Å². The summed E-state index contributed by atoms with van der Waals surface area (Å²) in [5.74, 6) is 0.0583. The predicted molar refractivity (Wildman–Crippen MR) is 100 cm³/mol. The summed E-state index contributed by atoms with van der Waals surface area (Å²) in [4.78, 5) is 24.1. The zero-order chi connectivity index (χ0) is 18.7. The van der Waals surface area contributed by atoms with Crippen molar-refractivity contribution in [2.24, 2.45) is 0 Å². The summed E-state index contributed by atoms with van der Waals surface area (Å²) in [5, 5.41) is 0.504. The number of benzene rings is 1. The number of aryl methyl sites for hydroxylation is 1. The minimum absolute atomic E-state index is 0.140.